The van der Waals surface area contributed by atoms with E-state index in [9.17, 15) is 39.3 Å². The van der Waals surface area contributed by atoms with Crippen LogP contribution < -0.4 is 38.1 Å². The lowest BCUT2D eigenvalue weighted by molar-refractivity contribution is -0.868. The number of nitrogens with zero attached hydrogens (tertiary/aromatic N) is 20. The van der Waals surface area contributed by atoms with Gasteiger partial charge in [0.15, 0.2) is 46.4 Å². The van der Waals surface area contributed by atoms with Crippen LogP contribution in [0.4, 0.5) is 57.5 Å². The Balaban J connectivity index is 0.000000154. The van der Waals surface area contributed by atoms with Crippen LogP contribution in [0.15, 0.2) is 265 Å². The summed E-state index contributed by atoms with van der Waals surface area (Å²) in [5.41, 5.74) is 21.8. The highest BCUT2D eigenvalue weighted by molar-refractivity contribution is 6.52. The van der Waals surface area contributed by atoms with Gasteiger partial charge in [-0.25, -0.2) is 47.5 Å². The summed E-state index contributed by atoms with van der Waals surface area (Å²) in [6, 6.07) is 28.6. The van der Waals surface area contributed by atoms with Crippen LogP contribution in [0.5, 0.6) is 0 Å². The number of rotatable bonds is 25. The SMILES string of the molecule is CC1=C(O)C(=Nc2c(NCC[N+](C)(C)C)nn3ccccc23)C=CC1=O.C[N+](C)(C)CCNc1nn2ccccc2c1N=C1C=C(Cl)C(O)=CC1=O.C[N+](C)(C)CCNc1nn2ccccc2c1N=C1C=CC(=O)C=C1N.C[N+](C)(C)CCNc1nn2ccccc2c1N=C1C=CC(=O)C=C1O.C[N+](C)(C)CCNc1nn2ccccc2c1N=C1C=CC(N)=CC1=O. The van der Waals surface area contributed by atoms with Crippen molar-refractivity contribution >= 4 is 154 Å². The average molecular weight is 1750 g/mol. The summed E-state index contributed by atoms with van der Waals surface area (Å²) in [5, 5.41) is 69.3. The summed E-state index contributed by atoms with van der Waals surface area (Å²) < 4.78 is 12.9. The van der Waals surface area contributed by atoms with Gasteiger partial charge in [0.1, 0.15) is 68.6 Å². The number of halogens is 1. The van der Waals surface area contributed by atoms with Crippen LogP contribution in [0.1, 0.15) is 6.92 Å². The normalized spacial score (nSPS) is 16.6. The molecule has 10 aromatic heterocycles. The molecule has 12 N–H and O–H groups in total. The average Bonchev–Trinajstić information content (AvgIpc) is 1.67. The van der Waals surface area contributed by atoms with Crippen molar-refractivity contribution in [2.75, 3.05) is 198 Å². The molecule has 0 amide bonds. The van der Waals surface area contributed by atoms with Crippen molar-refractivity contribution in [1.29, 1.82) is 0 Å². The number of aromatic nitrogens is 10. The predicted octanol–water partition coefficient (Wildman–Crippen LogP) is 10.3. The van der Waals surface area contributed by atoms with Crippen LogP contribution in [-0.2, 0) is 24.0 Å². The molecule has 0 unspecified atom stereocenters. The highest BCUT2D eigenvalue weighted by Crippen LogP contribution is 2.37. The lowest BCUT2D eigenvalue weighted by Crippen LogP contribution is -2.38. The van der Waals surface area contributed by atoms with Gasteiger partial charge in [-0.3, -0.25) is 24.0 Å². The quantitative estimate of drug-likeness (QED) is 0.0144. The van der Waals surface area contributed by atoms with Gasteiger partial charge in [0.25, 0.3) is 0 Å². The molecule has 5 aliphatic carbocycles. The Hall–Kier alpha value is -14.4. The number of hydrogen-bond donors (Lipinski definition) is 10. The van der Waals surface area contributed by atoms with E-state index in [-0.39, 0.29) is 51.2 Å². The lowest BCUT2D eigenvalue weighted by Gasteiger charge is -2.23. The second kappa shape index (κ2) is 40.1. The van der Waals surface area contributed by atoms with Gasteiger partial charge in [-0.2, -0.15) is 0 Å². The van der Waals surface area contributed by atoms with Crippen molar-refractivity contribution in [3.63, 3.8) is 0 Å². The van der Waals surface area contributed by atoms with Crippen LogP contribution in [0.3, 0.4) is 0 Å². The minimum atomic E-state index is -0.403. The number of ketones is 5. The Bertz CT molecular complexity index is 6210. The zero-order chi connectivity index (χ0) is 91.9. The molecule has 0 bridgehead atoms. The number of carbonyl (C=O) groups is 5. The maximum absolute atomic E-state index is 12.1. The van der Waals surface area contributed by atoms with E-state index >= 15 is 0 Å². The van der Waals surface area contributed by atoms with Crippen molar-refractivity contribution in [2.24, 2.45) is 36.4 Å². The zero-order valence-corrected chi connectivity index (χ0v) is 75.2. The number of allylic oxidation sites excluding steroid dienone is 15. The van der Waals surface area contributed by atoms with Gasteiger partial charge >= 0.3 is 0 Å². The number of hydrogen-bond acceptors (Lipinski definition) is 25. The number of nitrogens with two attached hydrogens (primary N) is 2. The number of aliphatic hydroxyl groups excluding tert-OH is 3. The van der Waals surface area contributed by atoms with Gasteiger partial charge in [0.2, 0.25) is 11.6 Å². The summed E-state index contributed by atoms with van der Waals surface area (Å²) >= 11 is 5.93. The summed E-state index contributed by atoms with van der Waals surface area (Å²) in [6.45, 7) is 9.90. The summed E-state index contributed by atoms with van der Waals surface area (Å²) in [5.74, 6) is 1.57. The number of aliphatic hydroxyl groups is 3. The Morgan fingerprint density at radius 2 is 0.638 bits per heavy atom. The number of aliphatic imine (C=N–C) groups is 5. The molecule has 10 aromatic rings. The van der Waals surface area contributed by atoms with E-state index in [0.29, 0.717) is 104 Å². The molecule has 127 heavy (non-hydrogen) atoms. The molecule has 10 heterocycles. The van der Waals surface area contributed by atoms with Crippen molar-refractivity contribution in [3.8, 4) is 0 Å². The maximum Gasteiger partial charge on any atom is 0.207 e. The third kappa shape index (κ3) is 25.9. The molecule has 0 fully saturated rings. The number of carbonyl (C=O) groups excluding carboxylic acids is 5. The Morgan fingerprint density at radius 3 is 0.976 bits per heavy atom. The molecule has 15 rings (SSSR count). The smallest absolute Gasteiger partial charge is 0.207 e. The molecular formula is C91H113ClN27O8+5. The first-order valence-corrected chi connectivity index (χ1v) is 41.4. The third-order valence-corrected chi connectivity index (χ3v) is 19.7. The molecule has 0 spiro atoms. The minimum Gasteiger partial charge on any atom is -0.506 e. The zero-order valence-electron chi connectivity index (χ0n) is 74.5. The van der Waals surface area contributed by atoms with Crippen molar-refractivity contribution < 1.29 is 61.7 Å². The Kier molecular flexibility index (Phi) is 29.5. The molecule has 0 radical (unpaired) electrons. The minimum absolute atomic E-state index is 0.0827. The van der Waals surface area contributed by atoms with Gasteiger partial charge in [0.05, 0.1) is 215 Å². The fourth-order valence-corrected chi connectivity index (χ4v) is 12.6. The number of anilines is 5. The Morgan fingerprint density at radius 1 is 0.339 bits per heavy atom. The second-order valence-corrected chi connectivity index (χ2v) is 35.7. The largest absolute Gasteiger partial charge is 0.506 e. The molecule has 0 atom stereocenters. The molecular weight excluding hydrogens is 1630 g/mol. The van der Waals surface area contributed by atoms with Crippen LogP contribution >= 0.6 is 11.6 Å². The Labute approximate surface area is 741 Å². The first-order valence-electron chi connectivity index (χ1n) is 41.0. The van der Waals surface area contributed by atoms with Gasteiger partial charge < -0.3 is 75.8 Å². The van der Waals surface area contributed by atoms with E-state index in [4.69, 9.17) is 23.1 Å². The maximum atomic E-state index is 12.1. The van der Waals surface area contributed by atoms with E-state index in [2.05, 4.69) is 183 Å². The van der Waals surface area contributed by atoms with E-state index in [0.717, 1.165) is 121 Å². The van der Waals surface area contributed by atoms with Gasteiger partial charge in [-0.15, -0.1) is 25.5 Å². The first-order chi connectivity index (χ1) is 60.0. The van der Waals surface area contributed by atoms with Crippen molar-refractivity contribution in [1.82, 2.24) is 48.1 Å². The molecule has 35 nitrogen and oxygen atoms in total. The highest BCUT2D eigenvalue weighted by Gasteiger charge is 2.26. The standard InChI is InChI=1S/C19H23N5O2.C18H20ClN5O2.2C18H22N6O.C18H21N5O2/c1-13-16(25)9-8-14(18(13)26)21-17-15-7-5-6-11-23(15)22-19(17)20-10-12-24(2,3)4;1-24(2,3)9-7-20-18-17(14-6-4-5-8-23(14)22-18)21-13-10-12(19)15(25)11-16(13)26;1-24(2,3)11-9-20-18-17(16-6-4-5-10-23(16)22-18)21-15-8-7-13(25)12-14(15)19;1-24(2,3)11-9-20-18-17(15-6-4-5-10-23(15)22-18)21-14-8-7-13(19)12-16(14)25;1-23(2,3)11-9-19-18-17(15-6-4-5-10-22(15)21-18)20-14-8-7-13(24)12-16(14)25/h5-9,11H,10,12H2,1-4H3,(H-,20,22,25,26);4-6,8,10-11H,7,9H2,1-3H3,(H-,20,22,25,26);2*4-8,10,12H,9,11H2,1-3H3,(H2-,19,20,22,25);4-8,10,12H,9,11H2,1-3H3,(H-,19,21,24,25)/p+5. The van der Waals surface area contributed by atoms with E-state index in [1.807, 2.05) is 122 Å². The van der Waals surface area contributed by atoms with Gasteiger partial charge in [-0.1, -0.05) is 41.9 Å². The first kappa shape index (κ1) is 93.3. The molecule has 662 valence electrons. The molecule has 5 aliphatic rings. The van der Waals surface area contributed by atoms with Crippen molar-refractivity contribution in [3.05, 3.63) is 240 Å². The summed E-state index contributed by atoms with van der Waals surface area (Å²) in [6.07, 6.45) is 27.9. The van der Waals surface area contributed by atoms with Crippen LogP contribution in [0.2, 0.25) is 0 Å². The van der Waals surface area contributed by atoms with Crippen molar-refractivity contribution in [2.45, 2.75) is 6.92 Å². The molecule has 0 aliphatic heterocycles. The van der Waals surface area contributed by atoms with E-state index < -0.39 is 5.78 Å². The van der Waals surface area contributed by atoms with Crippen LogP contribution in [0, 0.1) is 0 Å². The number of nitrogens with one attached hydrogen (secondary N) is 5. The van der Waals surface area contributed by atoms with Crippen LogP contribution in [-0.4, -0.2) is 314 Å². The summed E-state index contributed by atoms with van der Waals surface area (Å²) in [4.78, 5) is 81.6. The van der Waals surface area contributed by atoms with Gasteiger partial charge in [0, 0.05) is 66.6 Å². The number of quaternary nitrogens is 5. The number of pyridine rings is 5. The second-order valence-electron chi connectivity index (χ2n) is 35.3. The van der Waals surface area contributed by atoms with E-state index in [1.54, 1.807) is 47.7 Å². The lowest BCUT2D eigenvalue weighted by atomic mass is 10.0. The fraction of sp³-hybridized carbons (Fsp3) is 0.286. The fourth-order valence-electron chi connectivity index (χ4n) is 12.5. The molecule has 0 saturated carbocycles. The van der Waals surface area contributed by atoms with E-state index in [1.165, 1.54) is 48.6 Å². The predicted molar refractivity (Wildman–Crippen MR) is 505 cm³/mol. The number of likely N-dealkylation sites (N-methyl/N-ethyl adjacent to an activating group) is 5. The molecule has 36 heteroatoms. The number of fused-ring (bicyclic) bond motifs is 5. The topological polar surface area (TPSA) is 407 Å². The van der Waals surface area contributed by atoms with Gasteiger partial charge in [-0.05, 0) is 122 Å². The summed E-state index contributed by atoms with van der Waals surface area (Å²) in [7, 11) is 31.9. The monoisotopic (exact) mass is 1750 g/mol. The third-order valence-electron chi connectivity index (χ3n) is 19.4. The highest BCUT2D eigenvalue weighted by atomic mass is 35.5. The van der Waals surface area contributed by atoms with Crippen LogP contribution in [0.25, 0.3) is 27.6 Å². The molecule has 0 saturated heterocycles. The molecule has 0 aromatic carbocycles.